The van der Waals surface area contributed by atoms with Crippen LogP contribution < -0.4 is 11.2 Å². The summed E-state index contributed by atoms with van der Waals surface area (Å²) in [5, 5.41) is -1.65. The van der Waals surface area contributed by atoms with Gasteiger partial charge in [0.15, 0.2) is 16.6 Å². The number of halogens is 2. The summed E-state index contributed by atoms with van der Waals surface area (Å²) in [5.41, 5.74) is 6.42. The molecule has 28 heavy (non-hydrogen) atoms. The highest BCUT2D eigenvalue weighted by molar-refractivity contribution is 7.99. The number of hydrogen-bond donors (Lipinski definition) is 1. The lowest BCUT2D eigenvalue weighted by molar-refractivity contribution is 0.00331. The molecule has 0 amide bonds. The number of nitrogens with two attached hydrogens (primary N) is 1. The molecule has 2 radical (unpaired) electrons. The third-order valence-electron chi connectivity index (χ3n) is 3.58. The van der Waals surface area contributed by atoms with Crippen LogP contribution >= 0.6 is 30.2 Å². The van der Waals surface area contributed by atoms with Crippen molar-refractivity contribution >= 4 is 61.3 Å². The molecule has 0 aliphatic carbocycles. The van der Waals surface area contributed by atoms with E-state index in [0.717, 1.165) is 12.7 Å². The molecule has 0 aliphatic heterocycles. The smallest absolute Gasteiger partial charge is 0.190 e. The molecule has 152 valence electrons. The standard InChI is InChI=1S/C16H23BF2N4O2P2S/c1-4-28-12-5-10(17)14(23-24)22-13(12)11(6-20)21-7-9(2)25-8-16(19,27)15(3,18)26/h5-7,9H,4,8,20,26-27H2,1-3H3/b11-6-,21-7?/t9-,15+,16?/m0/s1. The number of ether oxygens (including phenoxy) is 1. The first-order valence-electron chi connectivity index (χ1n) is 8.27. The molecule has 0 saturated carbocycles. The summed E-state index contributed by atoms with van der Waals surface area (Å²) in [6.07, 6.45) is 1.95. The van der Waals surface area contributed by atoms with Crippen molar-refractivity contribution in [2.75, 3.05) is 12.4 Å². The summed E-state index contributed by atoms with van der Waals surface area (Å²) in [6, 6.07) is 1.58. The predicted molar refractivity (Wildman–Crippen MR) is 120 cm³/mol. The van der Waals surface area contributed by atoms with E-state index in [-0.39, 0.29) is 17.0 Å². The number of nitrogens with zero attached hydrogens (tertiary/aromatic N) is 3. The van der Waals surface area contributed by atoms with Crippen LogP contribution in [0.15, 0.2) is 27.3 Å². The van der Waals surface area contributed by atoms with Crippen molar-refractivity contribution < 1.29 is 13.5 Å². The van der Waals surface area contributed by atoms with E-state index in [1.807, 2.05) is 16.2 Å². The summed E-state index contributed by atoms with van der Waals surface area (Å²) < 4.78 is 33.4. The Morgan fingerprint density at radius 2 is 2.18 bits per heavy atom. The summed E-state index contributed by atoms with van der Waals surface area (Å²) in [7, 11) is 9.38. The average Bonchev–Trinajstić information content (AvgIpc) is 2.61. The lowest BCUT2D eigenvalue weighted by Crippen LogP contribution is -2.39. The number of rotatable bonds is 10. The lowest BCUT2D eigenvalue weighted by Gasteiger charge is -2.30. The molecule has 0 bridgehead atoms. The zero-order valence-corrected chi connectivity index (χ0v) is 19.0. The maximum absolute atomic E-state index is 14.2. The summed E-state index contributed by atoms with van der Waals surface area (Å²) in [4.78, 5) is 19.9. The van der Waals surface area contributed by atoms with Crippen molar-refractivity contribution in [3.63, 3.8) is 0 Å². The second-order valence-corrected chi connectivity index (χ2v) is 9.36. The van der Waals surface area contributed by atoms with Crippen LogP contribution in [0.4, 0.5) is 14.6 Å². The average molecular weight is 446 g/mol. The van der Waals surface area contributed by atoms with Crippen LogP contribution in [0.2, 0.25) is 0 Å². The minimum Gasteiger partial charge on any atom is -0.403 e. The van der Waals surface area contributed by atoms with Gasteiger partial charge in [-0.15, -0.1) is 16.7 Å². The van der Waals surface area contributed by atoms with E-state index >= 15 is 0 Å². The van der Waals surface area contributed by atoms with Crippen LogP contribution in [0, 0.1) is 4.91 Å². The van der Waals surface area contributed by atoms with Gasteiger partial charge in [0.1, 0.15) is 19.2 Å². The maximum Gasteiger partial charge on any atom is 0.190 e. The van der Waals surface area contributed by atoms with Crippen molar-refractivity contribution in [3.8, 4) is 0 Å². The van der Waals surface area contributed by atoms with E-state index in [9.17, 15) is 13.7 Å². The summed E-state index contributed by atoms with van der Waals surface area (Å²) in [6.45, 7) is 4.16. The fourth-order valence-electron chi connectivity index (χ4n) is 1.83. The zero-order valence-electron chi connectivity index (χ0n) is 15.9. The van der Waals surface area contributed by atoms with E-state index in [4.69, 9.17) is 18.3 Å². The Morgan fingerprint density at radius 3 is 2.68 bits per heavy atom. The number of pyridine rings is 1. The number of alkyl halides is 2. The molecule has 5 atom stereocenters. The molecule has 0 aliphatic rings. The van der Waals surface area contributed by atoms with Crippen LogP contribution in [0.3, 0.4) is 0 Å². The van der Waals surface area contributed by atoms with E-state index < -0.39 is 23.5 Å². The maximum atomic E-state index is 14.2. The molecular formula is C16H23BF2N4O2P2S. The molecule has 1 aromatic heterocycles. The van der Waals surface area contributed by atoms with Gasteiger partial charge < -0.3 is 10.5 Å². The van der Waals surface area contributed by atoms with E-state index in [1.54, 1.807) is 22.2 Å². The first kappa shape index (κ1) is 25.1. The Kier molecular flexibility index (Phi) is 9.61. The molecular weight excluding hydrogens is 423 g/mol. The van der Waals surface area contributed by atoms with Gasteiger partial charge in [-0.25, -0.2) is 13.8 Å². The van der Waals surface area contributed by atoms with Gasteiger partial charge in [-0.1, -0.05) is 25.4 Å². The molecule has 1 aromatic rings. The fraction of sp³-hybridized carbons (Fsp3) is 0.500. The molecule has 0 aromatic carbocycles. The number of hydrogen-bond acceptors (Lipinski definition) is 7. The van der Waals surface area contributed by atoms with Gasteiger partial charge in [0.25, 0.3) is 0 Å². The third-order valence-corrected chi connectivity index (χ3v) is 6.03. The predicted octanol–water partition coefficient (Wildman–Crippen LogP) is 3.22. The summed E-state index contributed by atoms with van der Waals surface area (Å²) in [5.74, 6) is 0.564. The minimum atomic E-state index is -2.28. The minimum absolute atomic E-state index is 0.151. The van der Waals surface area contributed by atoms with Crippen LogP contribution in [0.1, 0.15) is 26.5 Å². The van der Waals surface area contributed by atoms with Crippen molar-refractivity contribution in [3.05, 3.63) is 22.9 Å². The third kappa shape index (κ3) is 6.84. The molecule has 0 fully saturated rings. The lowest BCUT2D eigenvalue weighted by atomic mass is 9.96. The second kappa shape index (κ2) is 10.7. The number of aliphatic imine (C=N–C) groups is 1. The van der Waals surface area contributed by atoms with Gasteiger partial charge in [0.05, 0.1) is 12.7 Å². The highest BCUT2D eigenvalue weighted by atomic mass is 32.2. The van der Waals surface area contributed by atoms with Crippen LogP contribution in [-0.2, 0) is 4.74 Å². The van der Waals surface area contributed by atoms with Crippen LogP contribution in [0.25, 0.3) is 5.70 Å². The first-order chi connectivity index (χ1) is 13.0. The Balaban J connectivity index is 3.02. The second-order valence-electron chi connectivity index (χ2n) is 6.06. The Labute approximate surface area is 173 Å². The van der Waals surface area contributed by atoms with Crippen molar-refractivity contribution in [1.29, 1.82) is 0 Å². The van der Waals surface area contributed by atoms with Crippen molar-refractivity contribution in [1.82, 2.24) is 4.98 Å². The Hall–Kier alpha value is -0.945. The monoisotopic (exact) mass is 446 g/mol. The van der Waals surface area contributed by atoms with Crippen molar-refractivity contribution in [2.45, 2.75) is 42.6 Å². The zero-order chi connectivity index (χ0) is 21.5. The number of nitroso groups, excluding NO2 is 1. The number of aromatic nitrogens is 1. The highest BCUT2D eigenvalue weighted by Gasteiger charge is 2.43. The molecule has 12 heteroatoms. The van der Waals surface area contributed by atoms with Gasteiger partial charge in [-0.2, -0.15) is 0 Å². The normalized spacial score (nSPS) is 17.9. The van der Waals surface area contributed by atoms with Gasteiger partial charge in [0.2, 0.25) is 0 Å². The molecule has 0 saturated heterocycles. The Bertz CT molecular complexity index is 761. The van der Waals surface area contributed by atoms with Crippen molar-refractivity contribution in [2.24, 2.45) is 15.9 Å². The SMILES string of the molecule is [B]c1cc(SCC)c(/C(=C/N)N=C[C@H](C)OCC(F)(P)[C@](C)(F)P)nc1N=O. The summed E-state index contributed by atoms with van der Waals surface area (Å²) >= 11 is 1.45. The molecule has 1 rings (SSSR count). The van der Waals surface area contributed by atoms with E-state index in [2.05, 4.69) is 15.2 Å². The van der Waals surface area contributed by atoms with Gasteiger partial charge >= 0.3 is 0 Å². The van der Waals surface area contributed by atoms with E-state index in [0.29, 0.717) is 10.6 Å². The highest BCUT2D eigenvalue weighted by Crippen LogP contribution is 2.41. The fourth-order valence-corrected chi connectivity index (χ4v) is 2.81. The Morgan fingerprint density at radius 1 is 1.54 bits per heavy atom. The topological polar surface area (TPSA) is 89.9 Å². The van der Waals surface area contributed by atoms with Gasteiger partial charge in [-0.3, -0.25) is 4.99 Å². The van der Waals surface area contributed by atoms with Gasteiger partial charge in [0, 0.05) is 17.3 Å². The molecule has 3 unspecified atom stereocenters. The molecule has 1 heterocycles. The molecule has 6 nitrogen and oxygen atoms in total. The van der Waals surface area contributed by atoms with E-state index in [1.165, 1.54) is 24.2 Å². The quantitative estimate of drug-likeness (QED) is 0.196. The molecule has 0 spiro atoms. The first-order valence-corrected chi connectivity index (χ1v) is 10.4. The van der Waals surface area contributed by atoms with Crippen LogP contribution in [0.5, 0.6) is 0 Å². The molecule has 2 N–H and O–H groups in total. The van der Waals surface area contributed by atoms with Gasteiger partial charge in [-0.05, 0) is 36.3 Å². The van der Waals surface area contributed by atoms with Crippen LogP contribution in [-0.4, -0.2) is 48.3 Å². The largest absolute Gasteiger partial charge is 0.403 e. The number of thioether (sulfide) groups is 1.